The van der Waals surface area contributed by atoms with E-state index in [1.165, 1.54) is 36.4 Å². The number of aliphatic hydroxyl groups is 1. The number of halogens is 2. The number of rotatable bonds is 18. The number of ether oxygens (including phenoxy) is 4. The molecule has 3 saturated heterocycles. The second kappa shape index (κ2) is 23.7. The maximum Gasteiger partial charge on any atom is 0.472 e. The van der Waals surface area contributed by atoms with Gasteiger partial charge in [-0.15, -0.1) is 0 Å². The molecule has 28 heteroatoms. The second-order valence-corrected chi connectivity index (χ2v) is 22.3. The molecule has 5 aromatic rings. The van der Waals surface area contributed by atoms with Crippen LogP contribution in [0.3, 0.4) is 0 Å². The third kappa shape index (κ3) is 13.1. The SMILES string of the molecule is Nc1ncnc2c1ncn2[C@@H]1O[C@@H]2COP(=O)(SCc3ccc(OC(=O)c4ccc(OC(=O)CCCCCCCCCCO)cc4)cc3)O[C@H]3[C@@H](F)[C@H](n4ccc(=O)[nH]c4=O)O[C@@H]3COP(=O)(O)O[C@H]2[C@H]1F. The van der Waals surface area contributed by atoms with Gasteiger partial charge in [-0.3, -0.25) is 41.8 Å². The summed E-state index contributed by atoms with van der Waals surface area (Å²) in [6.45, 7) is -6.28. The van der Waals surface area contributed by atoms with Crippen LogP contribution in [0.4, 0.5) is 14.6 Å². The molecular formula is C44H51F2N7O16P2S. The second-order valence-electron chi connectivity index (χ2n) is 16.9. The summed E-state index contributed by atoms with van der Waals surface area (Å²) in [4.78, 5) is 74.8. The number of esters is 2. The van der Waals surface area contributed by atoms with Crippen LogP contribution in [0.25, 0.3) is 11.2 Å². The number of fused-ring (bicyclic) bond motifs is 3. The number of hydrogen-bond acceptors (Lipinski definition) is 20. The topological polar surface area (TPSA) is 307 Å². The number of aliphatic hydroxyl groups excluding tert-OH is 1. The third-order valence-corrected chi connectivity index (χ3v) is 16.4. The van der Waals surface area contributed by atoms with E-state index in [1.54, 1.807) is 12.1 Å². The highest BCUT2D eigenvalue weighted by Gasteiger charge is 2.55. The van der Waals surface area contributed by atoms with E-state index >= 15 is 8.78 Å². The number of carbonyl (C=O) groups is 2. The molecule has 3 aliphatic heterocycles. The molecule has 5 N–H and O–H groups in total. The Labute approximate surface area is 412 Å². The van der Waals surface area contributed by atoms with Gasteiger partial charge in [0.05, 0.1) is 25.1 Å². The molecule has 0 saturated carbocycles. The smallest absolute Gasteiger partial charge is 0.427 e. The minimum Gasteiger partial charge on any atom is -0.427 e. The lowest BCUT2D eigenvalue weighted by atomic mass is 10.1. The zero-order valence-corrected chi connectivity index (χ0v) is 40.8. The minimum atomic E-state index is -5.26. The van der Waals surface area contributed by atoms with Crippen LogP contribution in [-0.4, -0.2) is 108 Å². The van der Waals surface area contributed by atoms with Gasteiger partial charge >= 0.3 is 32.2 Å². The first-order valence-corrected chi connectivity index (χ1v) is 27.5. The maximum absolute atomic E-state index is 16.5. The number of anilines is 1. The Morgan fingerprint density at radius 2 is 1.40 bits per heavy atom. The van der Waals surface area contributed by atoms with Gasteiger partial charge in [0.2, 0.25) is 0 Å². The normalized spacial score (nSPS) is 27.6. The molecule has 3 aromatic heterocycles. The average Bonchev–Trinajstić information content (AvgIpc) is 4.01. The highest BCUT2D eigenvalue weighted by molar-refractivity contribution is 8.54. The fourth-order valence-electron chi connectivity index (χ4n) is 8.06. The number of imidazole rings is 1. The van der Waals surface area contributed by atoms with Gasteiger partial charge in [-0.1, -0.05) is 50.7 Å². The summed E-state index contributed by atoms with van der Waals surface area (Å²) < 4.78 is 108. The van der Waals surface area contributed by atoms with Crippen molar-refractivity contribution in [3.8, 4) is 11.5 Å². The van der Waals surface area contributed by atoms with E-state index in [2.05, 4.69) is 15.0 Å². The minimum absolute atomic E-state index is 0.0258. The largest absolute Gasteiger partial charge is 0.472 e. The number of unbranched alkanes of at least 4 members (excludes halogenated alkanes) is 7. The average molecular weight is 1070 g/mol. The third-order valence-electron chi connectivity index (χ3n) is 11.8. The molecule has 2 aromatic carbocycles. The molecule has 0 spiro atoms. The summed E-state index contributed by atoms with van der Waals surface area (Å²) >= 11 is 0.567. The summed E-state index contributed by atoms with van der Waals surface area (Å²) in [6.07, 6.45) is -4.00. The van der Waals surface area contributed by atoms with Crippen molar-refractivity contribution in [1.29, 1.82) is 0 Å². The fourth-order valence-corrected chi connectivity index (χ4v) is 12.4. The maximum atomic E-state index is 16.5. The molecule has 8 rings (SSSR count). The zero-order chi connectivity index (χ0) is 51.0. The van der Waals surface area contributed by atoms with Gasteiger partial charge in [0.25, 0.3) is 5.56 Å². The van der Waals surface area contributed by atoms with Crippen molar-refractivity contribution in [2.75, 3.05) is 25.6 Å². The molecule has 72 heavy (non-hydrogen) atoms. The predicted molar refractivity (Wildman–Crippen MR) is 251 cm³/mol. The Kier molecular flexibility index (Phi) is 17.5. The van der Waals surface area contributed by atoms with Gasteiger partial charge in [0.1, 0.15) is 47.8 Å². The van der Waals surface area contributed by atoms with Crippen molar-refractivity contribution in [2.24, 2.45) is 0 Å². The quantitative estimate of drug-likeness (QED) is 0.0337. The van der Waals surface area contributed by atoms with E-state index in [-0.39, 0.29) is 58.8 Å². The number of alkyl halides is 2. The van der Waals surface area contributed by atoms with E-state index < -0.39 is 94.3 Å². The highest BCUT2D eigenvalue weighted by Crippen LogP contribution is 2.65. The number of phosphoric ester groups is 1. The molecule has 6 heterocycles. The first kappa shape index (κ1) is 53.1. The first-order valence-electron chi connectivity index (χ1n) is 22.9. The molecule has 0 amide bonds. The van der Waals surface area contributed by atoms with E-state index in [0.717, 1.165) is 74.4 Å². The van der Waals surface area contributed by atoms with Crippen LogP contribution in [-0.2, 0) is 47.2 Å². The number of carbonyl (C=O) groups excluding carboxylic acids is 2. The zero-order valence-electron chi connectivity index (χ0n) is 38.2. The summed E-state index contributed by atoms with van der Waals surface area (Å²) in [7, 11) is -5.26. The number of phosphoric acid groups is 1. The Morgan fingerprint density at radius 1 is 0.792 bits per heavy atom. The molecule has 23 nitrogen and oxygen atoms in total. The molecule has 0 bridgehead atoms. The van der Waals surface area contributed by atoms with Gasteiger partial charge in [-0.05, 0) is 66.2 Å². The van der Waals surface area contributed by atoms with Crippen molar-refractivity contribution in [2.45, 2.75) is 113 Å². The molecule has 3 fully saturated rings. The van der Waals surface area contributed by atoms with Gasteiger partial charge in [0.15, 0.2) is 36.3 Å². The summed E-state index contributed by atoms with van der Waals surface area (Å²) in [5, 5.41) is 8.87. The first-order chi connectivity index (χ1) is 34.6. The molecule has 0 aliphatic carbocycles. The number of nitrogens with one attached hydrogen (secondary N) is 1. The molecule has 388 valence electrons. The number of hydrogen-bond donors (Lipinski definition) is 4. The Balaban J connectivity index is 0.931. The lowest BCUT2D eigenvalue weighted by Crippen LogP contribution is -2.38. The van der Waals surface area contributed by atoms with E-state index in [4.69, 9.17) is 47.9 Å². The number of nitrogen functional groups attached to an aromatic ring is 1. The van der Waals surface area contributed by atoms with E-state index in [1.807, 2.05) is 4.98 Å². The number of H-pyrrole nitrogens is 1. The number of aromatic nitrogens is 6. The standard InChI is InChI=1S/C44H51F2N7O16P2S/c45-34-37-31(67-42(34)53-25-50-36-39(47)48-24-49-40(36)53)22-63-71(61,69-38-30(21-62-70(59,60)68-37)66-41(35(38)46)52-19-18-32(55)51-44(52)58)72-23-26-10-14-29(15-11-26)65-43(57)27-12-16-28(17-13-27)64-33(56)9-7-5-3-1-2-4-6-8-20-54/h10-19,24-25,30-31,34-35,37-38,41-42,54H,1-9,20-23H2,(H,59,60)(H2,47,48,49)(H,51,55,58)/t30-,31-,34-,35-,37-,38-,41-,42-,71?/m1/s1. The van der Waals surface area contributed by atoms with Crippen molar-refractivity contribution >= 4 is 54.9 Å². The van der Waals surface area contributed by atoms with Gasteiger partial charge in [0, 0.05) is 31.0 Å². The summed E-state index contributed by atoms with van der Waals surface area (Å²) in [6, 6.07) is 12.8. The molecule has 0 radical (unpaired) electrons. The molecule has 3 aliphatic rings. The lowest BCUT2D eigenvalue weighted by molar-refractivity contribution is -0.134. The fraction of sp³-hybridized carbons (Fsp3) is 0.477. The predicted octanol–water partition coefficient (Wildman–Crippen LogP) is 6.02. The van der Waals surface area contributed by atoms with Crippen molar-refractivity contribution < 1.29 is 74.5 Å². The summed E-state index contributed by atoms with van der Waals surface area (Å²) in [5.74, 6) is -0.869. The van der Waals surface area contributed by atoms with Gasteiger partial charge in [-0.2, -0.15) is 0 Å². The van der Waals surface area contributed by atoms with E-state index in [0.29, 0.717) is 27.9 Å². The van der Waals surface area contributed by atoms with Crippen molar-refractivity contribution in [3.05, 3.63) is 105 Å². The highest BCUT2D eigenvalue weighted by atomic mass is 32.7. The van der Waals surface area contributed by atoms with Gasteiger partial charge in [-0.25, -0.2) is 42.5 Å². The van der Waals surface area contributed by atoms with E-state index in [9.17, 15) is 33.2 Å². The Hall–Kier alpha value is -5.24. The number of benzene rings is 2. The Bertz CT molecular complexity index is 2900. The van der Waals surface area contributed by atoms with Crippen molar-refractivity contribution in [1.82, 2.24) is 29.1 Å². The van der Waals surface area contributed by atoms with Gasteiger partial charge < -0.3 is 34.7 Å². The number of nitrogens with zero attached hydrogens (tertiary/aromatic N) is 5. The molecule has 2 unspecified atom stereocenters. The van der Waals surface area contributed by atoms with Crippen LogP contribution in [0.2, 0.25) is 0 Å². The number of aromatic amines is 1. The number of nitrogens with two attached hydrogens (primary N) is 1. The van der Waals surface area contributed by atoms with Crippen molar-refractivity contribution in [3.63, 3.8) is 0 Å². The Morgan fingerprint density at radius 3 is 2.08 bits per heavy atom. The van der Waals surface area contributed by atoms with Crippen LogP contribution in [0.15, 0.2) is 83.0 Å². The lowest BCUT2D eigenvalue weighted by Gasteiger charge is -2.29. The van der Waals surface area contributed by atoms with Crippen LogP contribution in [0, 0.1) is 0 Å². The molecular weight excluding hydrogens is 1010 g/mol. The summed E-state index contributed by atoms with van der Waals surface area (Å²) in [5.41, 5.74) is 4.83. The van der Waals surface area contributed by atoms with Crippen LogP contribution < -0.4 is 26.5 Å². The van der Waals surface area contributed by atoms with Crippen LogP contribution >= 0.6 is 26.0 Å². The van der Waals surface area contributed by atoms with Crippen LogP contribution in [0.1, 0.15) is 86.2 Å². The monoisotopic (exact) mass is 1070 g/mol. The van der Waals surface area contributed by atoms with Crippen LogP contribution in [0.5, 0.6) is 11.5 Å². The molecule has 10 atom stereocenters.